The van der Waals surface area contributed by atoms with Crippen LogP contribution in [-0.2, 0) is 19.1 Å². The van der Waals surface area contributed by atoms with E-state index in [1.165, 1.54) is 24.3 Å². The number of amides is 2. The molecule has 7 heteroatoms. The van der Waals surface area contributed by atoms with E-state index in [2.05, 4.69) is 10.6 Å². The molecule has 2 N–H and O–H groups in total. The lowest BCUT2D eigenvalue weighted by Crippen LogP contribution is -2.21. The molecule has 0 fully saturated rings. The van der Waals surface area contributed by atoms with Crippen LogP contribution in [0.3, 0.4) is 0 Å². The summed E-state index contributed by atoms with van der Waals surface area (Å²) in [5, 5.41) is 5.27. The van der Waals surface area contributed by atoms with Crippen LogP contribution >= 0.6 is 0 Å². The molecule has 0 spiro atoms. The molecule has 2 aromatic rings. The van der Waals surface area contributed by atoms with Crippen molar-refractivity contribution in [1.29, 1.82) is 0 Å². The van der Waals surface area contributed by atoms with Gasteiger partial charge in [-0.1, -0.05) is 18.2 Å². The molecule has 2 aromatic carbocycles. The Kier molecular flexibility index (Phi) is 7.49. The maximum atomic E-state index is 12.8. The number of hydrogen-bond acceptors (Lipinski definition) is 4. The van der Waals surface area contributed by atoms with E-state index >= 15 is 0 Å². The van der Waals surface area contributed by atoms with Crippen molar-refractivity contribution in [3.63, 3.8) is 0 Å². The maximum Gasteiger partial charge on any atom is 0.306 e. The van der Waals surface area contributed by atoms with E-state index in [4.69, 9.17) is 4.74 Å². The van der Waals surface area contributed by atoms with E-state index in [1.54, 1.807) is 12.1 Å². The van der Waals surface area contributed by atoms with Crippen LogP contribution in [0.25, 0.3) is 0 Å². The number of aryl methyl sites for hydroxylation is 1. The summed E-state index contributed by atoms with van der Waals surface area (Å²) in [6.07, 6.45) is 0.418. The minimum absolute atomic E-state index is 0.0223. The predicted molar refractivity (Wildman–Crippen MR) is 99.6 cm³/mol. The average Bonchev–Trinajstić information content (AvgIpc) is 2.64. The summed E-state index contributed by atoms with van der Waals surface area (Å²) in [5.74, 6) is -1.65. The first-order chi connectivity index (χ1) is 12.9. The summed E-state index contributed by atoms with van der Waals surface area (Å²) >= 11 is 0. The Balaban J connectivity index is 1.63. The SMILES string of the molecule is Cc1ccccc1NC(=O)COC(=O)CCCC(=O)Nc1ccc(F)cc1. The van der Waals surface area contributed by atoms with Gasteiger partial charge in [-0.05, 0) is 49.2 Å². The highest BCUT2D eigenvalue weighted by Gasteiger charge is 2.10. The molecule has 0 saturated carbocycles. The molecule has 2 amide bonds. The first kappa shape index (κ1) is 20.1. The van der Waals surface area contributed by atoms with Crippen molar-refractivity contribution in [3.8, 4) is 0 Å². The van der Waals surface area contributed by atoms with Crippen LogP contribution in [0.2, 0.25) is 0 Å². The summed E-state index contributed by atoms with van der Waals surface area (Å²) in [4.78, 5) is 35.2. The number of rotatable bonds is 8. The summed E-state index contributed by atoms with van der Waals surface area (Å²) in [5.41, 5.74) is 2.05. The Hall–Kier alpha value is -3.22. The van der Waals surface area contributed by atoms with Crippen LogP contribution in [0.1, 0.15) is 24.8 Å². The van der Waals surface area contributed by atoms with Crippen LogP contribution in [0.5, 0.6) is 0 Å². The lowest BCUT2D eigenvalue weighted by atomic mass is 10.2. The van der Waals surface area contributed by atoms with Gasteiger partial charge in [-0.3, -0.25) is 14.4 Å². The van der Waals surface area contributed by atoms with Crippen LogP contribution in [0.4, 0.5) is 15.8 Å². The molecule has 0 aromatic heterocycles. The van der Waals surface area contributed by atoms with Gasteiger partial charge in [-0.2, -0.15) is 0 Å². The Morgan fingerprint density at radius 1 is 0.926 bits per heavy atom. The number of nitrogens with one attached hydrogen (secondary N) is 2. The molecular weight excluding hydrogens is 351 g/mol. The Morgan fingerprint density at radius 2 is 1.63 bits per heavy atom. The summed E-state index contributed by atoms with van der Waals surface area (Å²) in [7, 11) is 0. The predicted octanol–water partition coefficient (Wildman–Crippen LogP) is 3.42. The van der Waals surface area contributed by atoms with Gasteiger partial charge in [0.05, 0.1) is 0 Å². The van der Waals surface area contributed by atoms with Crippen molar-refractivity contribution in [2.75, 3.05) is 17.2 Å². The lowest BCUT2D eigenvalue weighted by molar-refractivity contribution is -0.147. The summed E-state index contributed by atoms with van der Waals surface area (Å²) < 4.78 is 17.7. The molecule has 0 atom stereocenters. The van der Waals surface area contributed by atoms with E-state index in [0.29, 0.717) is 11.4 Å². The van der Waals surface area contributed by atoms with Crippen LogP contribution in [0.15, 0.2) is 48.5 Å². The third kappa shape index (κ3) is 7.27. The highest BCUT2D eigenvalue weighted by atomic mass is 19.1. The molecule has 0 bridgehead atoms. The van der Waals surface area contributed by atoms with E-state index in [0.717, 1.165) is 5.56 Å². The van der Waals surface area contributed by atoms with Crippen LogP contribution in [0, 0.1) is 12.7 Å². The van der Waals surface area contributed by atoms with E-state index < -0.39 is 11.9 Å². The van der Waals surface area contributed by atoms with Crippen molar-refractivity contribution in [1.82, 2.24) is 0 Å². The third-order valence-electron chi connectivity index (χ3n) is 3.70. The molecule has 142 valence electrons. The van der Waals surface area contributed by atoms with E-state index in [1.807, 2.05) is 19.1 Å². The van der Waals surface area contributed by atoms with E-state index in [9.17, 15) is 18.8 Å². The topological polar surface area (TPSA) is 84.5 Å². The van der Waals surface area contributed by atoms with Crippen molar-refractivity contribution >= 4 is 29.2 Å². The first-order valence-electron chi connectivity index (χ1n) is 8.50. The van der Waals surface area contributed by atoms with Crippen molar-refractivity contribution in [2.24, 2.45) is 0 Å². The fourth-order valence-electron chi connectivity index (χ4n) is 2.27. The number of esters is 1. The molecule has 0 unspecified atom stereocenters. The zero-order valence-corrected chi connectivity index (χ0v) is 15.0. The minimum Gasteiger partial charge on any atom is -0.456 e. The Labute approximate surface area is 156 Å². The monoisotopic (exact) mass is 372 g/mol. The summed E-state index contributed by atoms with van der Waals surface area (Å²) in [6.45, 7) is 1.48. The number of benzene rings is 2. The van der Waals surface area contributed by atoms with Crippen molar-refractivity contribution in [2.45, 2.75) is 26.2 Å². The average molecular weight is 372 g/mol. The molecule has 0 saturated heterocycles. The number of halogens is 1. The van der Waals surface area contributed by atoms with Crippen LogP contribution in [-0.4, -0.2) is 24.4 Å². The molecule has 0 radical (unpaired) electrons. The zero-order valence-electron chi connectivity index (χ0n) is 15.0. The van der Waals surface area contributed by atoms with Gasteiger partial charge >= 0.3 is 5.97 Å². The van der Waals surface area contributed by atoms with E-state index in [-0.39, 0.29) is 37.6 Å². The molecule has 27 heavy (non-hydrogen) atoms. The van der Waals surface area contributed by atoms with Gasteiger partial charge < -0.3 is 15.4 Å². The molecule has 0 aliphatic rings. The normalized spacial score (nSPS) is 10.1. The quantitative estimate of drug-likeness (QED) is 0.696. The fourth-order valence-corrected chi connectivity index (χ4v) is 2.27. The number of ether oxygens (including phenoxy) is 1. The molecule has 0 heterocycles. The maximum absolute atomic E-state index is 12.8. The van der Waals surface area contributed by atoms with Gasteiger partial charge in [0.1, 0.15) is 5.82 Å². The lowest BCUT2D eigenvalue weighted by Gasteiger charge is -2.09. The highest BCUT2D eigenvalue weighted by molar-refractivity contribution is 5.93. The standard InChI is InChI=1S/C20H21FN2O4/c1-14-5-2-3-6-17(14)23-19(25)13-27-20(26)8-4-7-18(24)22-16-11-9-15(21)10-12-16/h2-3,5-6,9-12H,4,7-8,13H2,1H3,(H,22,24)(H,23,25). The Morgan fingerprint density at radius 3 is 2.33 bits per heavy atom. The first-order valence-corrected chi connectivity index (χ1v) is 8.50. The largest absolute Gasteiger partial charge is 0.456 e. The van der Waals surface area contributed by atoms with Crippen LogP contribution < -0.4 is 10.6 Å². The van der Waals surface area contributed by atoms with Gasteiger partial charge in [-0.15, -0.1) is 0 Å². The number of hydrogen-bond donors (Lipinski definition) is 2. The summed E-state index contributed by atoms with van der Waals surface area (Å²) in [6, 6.07) is 12.7. The second kappa shape index (κ2) is 10.1. The second-order valence-corrected chi connectivity index (χ2v) is 5.93. The number of carbonyl (C=O) groups excluding carboxylic acids is 3. The van der Waals surface area contributed by atoms with Gasteiger partial charge in [0, 0.05) is 24.2 Å². The molecule has 2 rings (SSSR count). The van der Waals surface area contributed by atoms with Crippen molar-refractivity contribution in [3.05, 3.63) is 59.9 Å². The highest BCUT2D eigenvalue weighted by Crippen LogP contribution is 2.13. The molecule has 0 aliphatic carbocycles. The minimum atomic E-state index is -0.551. The van der Waals surface area contributed by atoms with Crippen molar-refractivity contribution < 1.29 is 23.5 Å². The Bertz CT molecular complexity index is 806. The van der Waals surface area contributed by atoms with Gasteiger partial charge in [0.2, 0.25) is 5.91 Å². The van der Waals surface area contributed by atoms with Gasteiger partial charge in [-0.25, -0.2) is 4.39 Å². The molecular formula is C20H21FN2O4. The molecule has 6 nitrogen and oxygen atoms in total. The molecule has 0 aliphatic heterocycles. The third-order valence-corrected chi connectivity index (χ3v) is 3.70. The number of para-hydroxylation sites is 1. The van der Waals surface area contributed by atoms with Gasteiger partial charge in [0.15, 0.2) is 6.61 Å². The second-order valence-electron chi connectivity index (χ2n) is 5.93. The smallest absolute Gasteiger partial charge is 0.306 e. The number of carbonyl (C=O) groups is 3. The fraction of sp³-hybridized carbons (Fsp3) is 0.250. The zero-order chi connectivity index (χ0) is 19.6. The number of anilines is 2. The van der Waals surface area contributed by atoms with Gasteiger partial charge in [0.25, 0.3) is 5.91 Å².